The fourth-order valence-corrected chi connectivity index (χ4v) is 4.26. The lowest BCUT2D eigenvalue weighted by Gasteiger charge is -2.24. The summed E-state index contributed by atoms with van der Waals surface area (Å²) >= 11 is 0. The van der Waals surface area contributed by atoms with E-state index >= 15 is 0 Å². The highest BCUT2D eigenvalue weighted by molar-refractivity contribution is 7.91. The molecule has 0 unspecified atom stereocenters. The Bertz CT molecular complexity index is 1430. The predicted octanol–water partition coefficient (Wildman–Crippen LogP) is 5.48. The van der Waals surface area contributed by atoms with E-state index in [0.29, 0.717) is 5.56 Å². The second kappa shape index (κ2) is 8.11. The molecule has 0 saturated heterocycles. The molecule has 4 rings (SSSR count). The van der Waals surface area contributed by atoms with Gasteiger partial charge in [-0.3, -0.25) is 4.98 Å². The first-order valence-corrected chi connectivity index (χ1v) is 12.1. The maximum Gasteiger partial charge on any atom is 0.156 e. The van der Waals surface area contributed by atoms with Gasteiger partial charge in [0.15, 0.2) is 9.84 Å². The number of halogens is 1. The Morgan fingerprint density at radius 1 is 0.938 bits per heavy atom. The number of nitrogens with zero attached hydrogens (tertiary/aromatic N) is 1. The fourth-order valence-electron chi connectivity index (χ4n) is 3.72. The van der Waals surface area contributed by atoms with Crippen molar-refractivity contribution in [3.63, 3.8) is 0 Å². The second-order valence-electron chi connectivity index (χ2n) is 8.43. The largest absolute Gasteiger partial charge is 0.392 e. The highest BCUT2D eigenvalue weighted by Gasteiger charge is 2.33. The van der Waals surface area contributed by atoms with Crippen molar-refractivity contribution >= 4 is 20.7 Å². The third-order valence-electron chi connectivity index (χ3n) is 6.05. The van der Waals surface area contributed by atoms with Crippen LogP contribution in [-0.4, -0.2) is 24.8 Å². The third kappa shape index (κ3) is 3.92. The SMILES string of the molecule is CC(C)(c1cc(-c2cccc(-c3ccc(F)c(CO)c3)c2)c2ncccc2c1)S(C)(=O)=O. The number of hydrogen-bond donors (Lipinski definition) is 1. The Balaban J connectivity index is 1.93. The van der Waals surface area contributed by atoms with Crippen LogP contribution >= 0.6 is 0 Å². The van der Waals surface area contributed by atoms with Gasteiger partial charge < -0.3 is 5.11 Å². The summed E-state index contributed by atoms with van der Waals surface area (Å²) in [5.74, 6) is -0.446. The van der Waals surface area contributed by atoms with Crippen molar-refractivity contribution in [2.75, 3.05) is 6.26 Å². The molecule has 32 heavy (non-hydrogen) atoms. The highest BCUT2D eigenvalue weighted by atomic mass is 32.2. The normalized spacial score (nSPS) is 12.3. The Kier molecular flexibility index (Phi) is 5.61. The van der Waals surface area contributed by atoms with Gasteiger partial charge in [-0.05, 0) is 72.5 Å². The Morgan fingerprint density at radius 3 is 2.38 bits per heavy atom. The van der Waals surface area contributed by atoms with E-state index in [2.05, 4.69) is 4.98 Å². The van der Waals surface area contributed by atoms with Crippen molar-refractivity contribution < 1.29 is 17.9 Å². The van der Waals surface area contributed by atoms with E-state index in [1.807, 2.05) is 48.5 Å². The molecule has 0 aliphatic rings. The van der Waals surface area contributed by atoms with Crippen LogP contribution < -0.4 is 0 Å². The first-order valence-electron chi connectivity index (χ1n) is 10.2. The van der Waals surface area contributed by atoms with E-state index in [1.165, 1.54) is 12.3 Å². The Hall–Kier alpha value is -3.09. The van der Waals surface area contributed by atoms with E-state index in [-0.39, 0.29) is 12.2 Å². The van der Waals surface area contributed by atoms with Gasteiger partial charge in [-0.15, -0.1) is 0 Å². The molecule has 0 aliphatic carbocycles. The van der Waals surface area contributed by atoms with Crippen molar-refractivity contribution in [1.29, 1.82) is 0 Å². The number of rotatable bonds is 5. The van der Waals surface area contributed by atoms with Crippen LogP contribution in [0.5, 0.6) is 0 Å². The summed E-state index contributed by atoms with van der Waals surface area (Å²) in [5.41, 5.74) is 5.01. The number of fused-ring (bicyclic) bond motifs is 1. The number of aromatic nitrogens is 1. The summed E-state index contributed by atoms with van der Waals surface area (Å²) in [6, 6.07) is 19.9. The van der Waals surface area contributed by atoms with Crippen LogP contribution in [0.4, 0.5) is 4.39 Å². The number of aliphatic hydroxyl groups excluding tert-OH is 1. The summed E-state index contributed by atoms with van der Waals surface area (Å²) in [4.78, 5) is 4.55. The maximum absolute atomic E-state index is 13.8. The monoisotopic (exact) mass is 449 g/mol. The summed E-state index contributed by atoms with van der Waals surface area (Å²) < 4.78 is 37.8. The van der Waals surface area contributed by atoms with Crippen molar-refractivity contribution in [2.24, 2.45) is 0 Å². The molecule has 0 atom stereocenters. The molecule has 0 fully saturated rings. The molecule has 1 N–H and O–H groups in total. The first kappa shape index (κ1) is 22.1. The molecule has 4 aromatic rings. The smallest absolute Gasteiger partial charge is 0.156 e. The van der Waals surface area contributed by atoms with Crippen molar-refractivity contribution in [3.05, 3.63) is 89.9 Å². The molecule has 4 nitrogen and oxygen atoms in total. The molecular weight excluding hydrogens is 425 g/mol. The molecule has 1 aromatic heterocycles. The van der Waals surface area contributed by atoms with Crippen molar-refractivity contribution in [3.8, 4) is 22.3 Å². The Morgan fingerprint density at radius 2 is 1.66 bits per heavy atom. The minimum Gasteiger partial charge on any atom is -0.392 e. The summed E-state index contributed by atoms with van der Waals surface area (Å²) in [5, 5.41) is 10.3. The standard InChI is InChI=1S/C26H24FNO3S/c1-26(2,32(3,30)31)22-14-20-8-5-11-28-25(20)23(15-22)19-7-4-6-17(12-19)18-9-10-24(27)21(13-18)16-29/h4-15,29H,16H2,1-3H3. The maximum atomic E-state index is 13.8. The van der Waals surface area contributed by atoms with Crippen LogP contribution in [0, 0.1) is 5.82 Å². The van der Waals surface area contributed by atoms with Gasteiger partial charge in [0.2, 0.25) is 0 Å². The second-order valence-corrected chi connectivity index (χ2v) is 11.0. The quantitative estimate of drug-likeness (QED) is 0.438. The third-order valence-corrected chi connectivity index (χ3v) is 8.14. The van der Waals surface area contributed by atoms with E-state index in [9.17, 15) is 17.9 Å². The summed E-state index contributed by atoms with van der Waals surface area (Å²) in [6.45, 7) is 3.03. The van der Waals surface area contributed by atoms with Crippen molar-refractivity contribution in [2.45, 2.75) is 25.2 Å². The number of hydrogen-bond acceptors (Lipinski definition) is 4. The number of pyridine rings is 1. The lowest BCUT2D eigenvalue weighted by atomic mass is 9.92. The molecule has 0 aliphatic heterocycles. The molecule has 0 spiro atoms. The lowest BCUT2D eigenvalue weighted by Crippen LogP contribution is -2.28. The molecule has 0 bridgehead atoms. The Labute approximate surface area is 187 Å². The molecule has 0 amide bonds. The predicted molar refractivity (Wildman–Crippen MR) is 126 cm³/mol. The van der Waals surface area contributed by atoms with Crippen LogP contribution in [0.25, 0.3) is 33.2 Å². The van der Waals surface area contributed by atoms with Gasteiger partial charge in [-0.1, -0.05) is 30.3 Å². The van der Waals surface area contributed by atoms with Crippen LogP contribution in [0.15, 0.2) is 72.9 Å². The minimum atomic E-state index is -3.37. The van der Waals surface area contributed by atoms with E-state index < -0.39 is 20.4 Å². The summed E-state index contributed by atoms with van der Waals surface area (Å²) in [7, 11) is -3.37. The minimum absolute atomic E-state index is 0.233. The van der Waals surface area contributed by atoms with Gasteiger partial charge in [0.25, 0.3) is 0 Å². The zero-order valence-corrected chi connectivity index (χ0v) is 18.9. The fraction of sp³-hybridized carbons (Fsp3) is 0.192. The average molecular weight is 450 g/mol. The topological polar surface area (TPSA) is 67.3 Å². The molecule has 0 radical (unpaired) electrons. The zero-order valence-electron chi connectivity index (χ0n) is 18.1. The number of sulfone groups is 1. The van der Waals surface area contributed by atoms with Gasteiger partial charge in [0.05, 0.1) is 16.9 Å². The molecule has 6 heteroatoms. The van der Waals surface area contributed by atoms with E-state index in [4.69, 9.17) is 0 Å². The highest BCUT2D eigenvalue weighted by Crippen LogP contribution is 2.37. The molecule has 3 aromatic carbocycles. The molecule has 1 heterocycles. The van der Waals surface area contributed by atoms with Crippen LogP contribution in [-0.2, 0) is 21.2 Å². The van der Waals surface area contributed by atoms with Gasteiger partial charge >= 0.3 is 0 Å². The van der Waals surface area contributed by atoms with Crippen molar-refractivity contribution in [1.82, 2.24) is 4.98 Å². The average Bonchev–Trinajstić information content (AvgIpc) is 2.78. The molecule has 0 saturated carbocycles. The van der Waals surface area contributed by atoms with E-state index in [0.717, 1.165) is 33.2 Å². The molecular formula is C26H24FNO3S. The number of aliphatic hydroxyl groups is 1. The van der Waals surface area contributed by atoms with Gasteiger partial charge in [-0.2, -0.15) is 0 Å². The van der Waals surface area contributed by atoms with Gasteiger partial charge in [0, 0.05) is 29.0 Å². The van der Waals surface area contributed by atoms with Crippen LogP contribution in [0.3, 0.4) is 0 Å². The first-order chi connectivity index (χ1) is 15.1. The number of benzene rings is 3. The van der Waals surface area contributed by atoms with E-state index in [1.54, 1.807) is 32.2 Å². The van der Waals surface area contributed by atoms with Gasteiger partial charge in [0.1, 0.15) is 5.82 Å². The van der Waals surface area contributed by atoms with Gasteiger partial charge in [-0.25, -0.2) is 12.8 Å². The zero-order chi connectivity index (χ0) is 23.1. The lowest BCUT2D eigenvalue weighted by molar-refractivity contribution is 0.276. The van der Waals surface area contributed by atoms with Crippen LogP contribution in [0.2, 0.25) is 0 Å². The molecule has 164 valence electrons. The summed E-state index contributed by atoms with van der Waals surface area (Å²) in [6.07, 6.45) is 2.96. The van der Waals surface area contributed by atoms with Crippen LogP contribution in [0.1, 0.15) is 25.0 Å².